The number of halogens is 2. The van der Waals surface area contributed by atoms with E-state index in [2.05, 4.69) is 20.2 Å². The van der Waals surface area contributed by atoms with Gasteiger partial charge in [0, 0.05) is 22.7 Å². The third-order valence-electron chi connectivity index (χ3n) is 3.58. The first-order valence-corrected chi connectivity index (χ1v) is 7.67. The minimum atomic E-state index is -1.60. The second-order valence-corrected chi connectivity index (χ2v) is 5.95. The van der Waals surface area contributed by atoms with Gasteiger partial charge in [-0.2, -0.15) is 10.2 Å². The Hall–Kier alpha value is -2.00. The third-order valence-corrected chi connectivity index (χ3v) is 4.12. The monoisotopic (exact) mass is 368 g/mol. The molecule has 0 amide bonds. The molecule has 0 saturated carbocycles. The van der Waals surface area contributed by atoms with Gasteiger partial charge in [-0.3, -0.25) is 0 Å². The van der Waals surface area contributed by atoms with E-state index in [9.17, 15) is 5.11 Å². The van der Waals surface area contributed by atoms with Crippen molar-refractivity contribution in [1.82, 2.24) is 29.5 Å². The second kappa shape index (κ2) is 6.86. The maximum absolute atomic E-state index is 11.5. The molecule has 0 spiro atoms. The molecular weight excluding hydrogens is 355 g/mol. The summed E-state index contributed by atoms with van der Waals surface area (Å²) < 4.78 is 8.39. The number of ether oxygens (including phenoxy) is 1. The van der Waals surface area contributed by atoms with Crippen LogP contribution in [0.2, 0.25) is 10.0 Å². The van der Waals surface area contributed by atoms with Crippen molar-refractivity contribution < 1.29 is 9.84 Å². The van der Waals surface area contributed by atoms with Crippen molar-refractivity contribution in [2.24, 2.45) is 0 Å². The van der Waals surface area contributed by atoms with Crippen molar-refractivity contribution >= 4 is 23.2 Å². The van der Waals surface area contributed by atoms with Crippen molar-refractivity contribution in [3.05, 3.63) is 59.1 Å². The summed E-state index contributed by atoms with van der Waals surface area (Å²) in [6.07, 6.45) is 4.77. The van der Waals surface area contributed by atoms with Crippen LogP contribution in [-0.2, 0) is 16.9 Å². The fourth-order valence-electron chi connectivity index (χ4n) is 2.56. The quantitative estimate of drug-likeness (QED) is 0.714. The predicted molar refractivity (Wildman–Crippen MR) is 86.4 cm³/mol. The molecule has 0 aliphatic carbocycles. The normalized spacial score (nSPS) is 15.2. The number of hydrogen-bond acceptors (Lipinski definition) is 6. The summed E-state index contributed by atoms with van der Waals surface area (Å²) >= 11 is 12.3. The first-order valence-electron chi connectivity index (χ1n) is 6.92. The molecule has 24 heavy (non-hydrogen) atoms. The molecule has 2 heterocycles. The highest BCUT2D eigenvalue weighted by Crippen LogP contribution is 2.39. The Morgan fingerprint density at radius 2 is 1.96 bits per heavy atom. The average molecular weight is 369 g/mol. The maximum Gasteiger partial charge on any atom is 0.186 e. The van der Waals surface area contributed by atoms with Gasteiger partial charge in [-0.25, -0.2) is 19.3 Å². The molecule has 3 rings (SSSR count). The molecule has 8 nitrogen and oxygen atoms in total. The van der Waals surface area contributed by atoms with E-state index >= 15 is 0 Å². The Morgan fingerprint density at radius 1 is 1.21 bits per heavy atom. The molecule has 126 valence electrons. The van der Waals surface area contributed by atoms with E-state index < -0.39 is 11.8 Å². The average Bonchev–Trinajstić information content (AvgIpc) is 3.21. The standard InChI is InChI=1S/C14H14Cl2N6O2/c1-24-13(22-9-18-7-20-22)14(23,5-21-8-17-6-19-21)11-3-2-10(15)4-12(11)16/h2-4,6-9,13,23H,5H2,1H3/t13-,14+/m1/s1. The Bertz CT molecular complexity index is 796. The van der Waals surface area contributed by atoms with Crippen LogP contribution in [-0.4, -0.2) is 41.7 Å². The van der Waals surface area contributed by atoms with E-state index in [-0.39, 0.29) is 6.54 Å². The number of hydrogen-bond donors (Lipinski definition) is 1. The number of aliphatic hydroxyl groups is 1. The molecule has 2 atom stereocenters. The molecule has 0 saturated heterocycles. The summed E-state index contributed by atoms with van der Waals surface area (Å²) in [5, 5.41) is 20.4. The van der Waals surface area contributed by atoms with E-state index in [1.54, 1.807) is 18.2 Å². The van der Waals surface area contributed by atoms with Crippen LogP contribution in [0.3, 0.4) is 0 Å². The van der Waals surface area contributed by atoms with Gasteiger partial charge in [0.1, 0.15) is 25.3 Å². The molecule has 3 aromatic rings. The molecule has 0 aliphatic heterocycles. The van der Waals surface area contributed by atoms with Crippen LogP contribution in [0.4, 0.5) is 0 Å². The highest BCUT2D eigenvalue weighted by Gasteiger charge is 2.43. The molecule has 1 aromatic carbocycles. The number of rotatable bonds is 6. The molecule has 0 radical (unpaired) electrons. The van der Waals surface area contributed by atoms with Crippen molar-refractivity contribution in [1.29, 1.82) is 0 Å². The highest BCUT2D eigenvalue weighted by atomic mass is 35.5. The molecule has 10 heteroatoms. The number of benzene rings is 1. The first kappa shape index (κ1) is 16.8. The van der Waals surface area contributed by atoms with Gasteiger partial charge < -0.3 is 9.84 Å². The van der Waals surface area contributed by atoms with Crippen LogP contribution in [0.25, 0.3) is 0 Å². The lowest BCUT2D eigenvalue weighted by atomic mass is 9.91. The second-order valence-electron chi connectivity index (χ2n) is 5.11. The smallest absolute Gasteiger partial charge is 0.186 e. The van der Waals surface area contributed by atoms with Gasteiger partial charge >= 0.3 is 0 Å². The largest absolute Gasteiger partial charge is 0.378 e. The van der Waals surface area contributed by atoms with E-state index in [1.165, 1.54) is 41.8 Å². The zero-order chi connectivity index (χ0) is 17.2. The fraction of sp³-hybridized carbons (Fsp3) is 0.286. The van der Waals surface area contributed by atoms with Crippen molar-refractivity contribution in [2.75, 3.05) is 7.11 Å². The summed E-state index contributed by atoms with van der Waals surface area (Å²) in [4.78, 5) is 7.80. The van der Waals surface area contributed by atoms with Gasteiger partial charge in [-0.15, -0.1) is 0 Å². The van der Waals surface area contributed by atoms with Crippen LogP contribution < -0.4 is 0 Å². The molecule has 2 aromatic heterocycles. The van der Waals surface area contributed by atoms with Crippen molar-refractivity contribution in [3.8, 4) is 0 Å². The number of methoxy groups -OCH3 is 1. The number of nitrogens with zero attached hydrogens (tertiary/aromatic N) is 6. The molecule has 0 unspecified atom stereocenters. The Balaban J connectivity index is 2.12. The van der Waals surface area contributed by atoms with Crippen LogP contribution in [0.15, 0.2) is 43.5 Å². The minimum Gasteiger partial charge on any atom is -0.378 e. The predicted octanol–water partition coefficient (Wildman–Crippen LogP) is 1.91. The lowest BCUT2D eigenvalue weighted by molar-refractivity contribution is -0.153. The zero-order valence-corrected chi connectivity index (χ0v) is 14.1. The van der Waals surface area contributed by atoms with E-state index in [1.807, 2.05) is 0 Å². The summed E-state index contributed by atoms with van der Waals surface area (Å²) in [7, 11) is 1.46. The van der Waals surface area contributed by atoms with Gasteiger partial charge in [0.15, 0.2) is 11.8 Å². The molecule has 0 bridgehead atoms. The Labute approximate surface area is 147 Å². The fourth-order valence-corrected chi connectivity index (χ4v) is 3.13. The summed E-state index contributed by atoms with van der Waals surface area (Å²) in [6, 6.07) is 4.84. The highest BCUT2D eigenvalue weighted by molar-refractivity contribution is 6.35. The van der Waals surface area contributed by atoms with Gasteiger partial charge in [-0.05, 0) is 12.1 Å². The lowest BCUT2D eigenvalue weighted by Crippen LogP contribution is -2.42. The Morgan fingerprint density at radius 3 is 2.54 bits per heavy atom. The van der Waals surface area contributed by atoms with E-state index in [4.69, 9.17) is 27.9 Å². The van der Waals surface area contributed by atoms with Crippen LogP contribution in [0.5, 0.6) is 0 Å². The number of aromatic nitrogens is 6. The first-order chi connectivity index (χ1) is 11.5. The van der Waals surface area contributed by atoms with Crippen molar-refractivity contribution in [3.63, 3.8) is 0 Å². The molecular formula is C14H14Cl2N6O2. The summed E-state index contributed by atoms with van der Waals surface area (Å²) in [5.41, 5.74) is -1.18. The minimum absolute atomic E-state index is 0.0344. The molecule has 0 fully saturated rings. The topological polar surface area (TPSA) is 90.9 Å². The SMILES string of the molecule is CO[C@@H](n1cncn1)[C@](O)(Cn1cncn1)c1ccc(Cl)cc1Cl. The van der Waals surface area contributed by atoms with Crippen LogP contribution >= 0.6 is 23.2 Å². The van der Waals surface area contributed by atoms with E-state index in [0.29, 0.717) is 15.6 Å². The van der Waals surface area contributed by atoms with Gasteiger partial charge in [0.05, 0.1) is 6.54 Å². The van der Waals surface area contributed by atoms with Crippen molar-refractivity contribution in [2.45, 2.75) is 18.4 Å². The summed E-state index contributed by atoms with van der Waals surface area (Å²) in [5.74, 6) is 0. The van der Waals surface area contributed by atoms with Gasteiger partial charge in [0.25, 0.3) is 0 Å². The Kier molecular flexibility index (Phi) is 4.81. The van der Waals surface area contributed by atoms with Gasteiger partial charge in [0.2, 0.25) is 0 Å². The third kappa shape index (κ3) is 3.13. The van der Waals surface area contributed by atoms with E-state index in [0.717, 1.165) is 0 Å². The molecule has 1 N–H and O–H groups in total. The van der Waals surface area contributed by atoms with Crippen LogP contribution in [0, 0.1) is 0 Å². The zero-order valence-electron chi connectivity index (χ0n) is 12.6. The summed E-state index contributed by atoms with van der Waals surface area (Å²) in [6.45, 7) is 0.0344. The maximum atomic E-state index is 11.5. The van der Waals surface area contributed by atoms with Crippen LogP contribution in [0.1, 0.15) is 11.8 Å². The lowest BCUT2D eigenvalue weighted by Gasteiger charge is -2.35. The van der Waals surface area contributed by atoms with Gasteiger partial charge in [-0.1, -0.05) is 29.3 Å². The molecule has 0 aliphatic rings.